The van der Waals surface area contributed by atoms with Crippen molar-refractivity contribution < 1.29 is 9.53 Å². The van der Waals surface area contributed by atoms with Gasteiger partial charge in [0.25, 0.3) is 0 Å². The summed E-state index contributed by atoms with van der Waals surface area (Å²) in [5, 5.41) is 0. The van der Waals surface area contributed by atoms with Gasteiger partial charge < -0.3 is 9.64 Å². The standard InChI is InChI=1S/C16H21NO2/c1-9-5-13-12(4)16(18)19-15(13)6-14(9)17-7-10(2)11(3)8-17/h5-6,10-12H,7-8H2,1-4H3. The predicted molar refractivity (Wildman–Crippen MR) is 75.8 cm³/mol. The van der Waals surface area contributed by atoms with Gasteiger partial charge in [-0.1, -0.05) is 13.8 Å². The molecule has 102 valence electrons. The number of ether oxygens (including phenoxy) is 1. The Morgan fingerprint density at radius 3 is 2.42 bits per heavy atom. The van der Waals surface area contributed by atoms with Crippen molar-refractivity contribution in [1.29, 1.82) is 0 Å². The molecule has 1 fully saturated rings. The molecule has 0 aliphatic carbocycles. The van der Waals surface area contributed by atoms with E-state index in [9.17, 15) is 4.79 Å². The van der Waals surface area contributed by atoms with Crippen molar-refractivity contribution in [3.63, 3.8) is 0 Å². The van der Waals surface area contributed by atoms with E-state index in [1.165, 1.54) is 11.3 Å². The van der Waals surface area contributed by atoms with Crippen LogP contribution in [-0.2, 0) is 4.79 Å². The number of hydrogen-bond acceptors (Lipinski definition) is 3. The molecule has 0 spiro atoms. The molecule has 1 aromatic carbocycles. The normalized spacial score (nSPS) is 29.6. The fraction of sp³-hybridized carbons (Fsp3) is 0.562. The second-order valence-corrected chi connectivity index (χ2v) is 6.18. The van der Waals surface area contributed by atoms with Crippen LogP contribution in [-0.4, -0.2) is 19.1 Å². The fourth-order valence-corrected chi connectivity index (χ4v) is 3.12. The number of rotatable bonds is 1. The average Bonchev–Trinajstić information content (AvgIpc) is 2.82. The van der Waals surface area contributed by atoms with E-state index in [1.807, 2.05) is 6.92 Å². The van der Waals surface area contributed by atoms with Crippen LogP contribution in [0.4, 0.5) is 5.69 Å². The molecule has 3 nitrogen and oxygen atoms in total. The predicted octanol–water partition coefficient (Wildman–Crippen LogP) is 3.11. The van der Waals surface area contributed by atoms with Gasteiger partial charge in [0.05, 0.1) is 5.92 Å². The molecule has 3 unspecified atom stereocenters. The lowest BCUT2D eigenvalue weighted by atomic mass is 9.99. The van der Waals surface area contributed by atoms with Crippen LogP contribution in [0.5, 0.6) is 5.75 Å². The maximum Gasteiger partial charge on any atom is 0.318 e. The quantitative estimate of drug-likeness (QED) is 0.573. The van der Waals surface area contributed by atoms with E-state index in [0.717, 1.165) is 24.4 Å². The molecule has 2 aliphatic rings. The summed E-state index contributed by atoms with van der Waals surface area (Å²) >= 11 is 0. The summed E-state index contributed by atoms with van der Waals surface area (Å²) in [7, 11) is 0. The third-order valence-corrected chi connectivity index (χ3v) is 4.69. The largest absolute Gasteiger partial charge is 0.426 e. The third kappa shape index (κ3) is 1.92. The van der Waals surface area contributed by atoms with Gasteiger partial charge >= 0.3 is 5.97 Å². The molecule has 0 bridgehead atoms. The Morgan fingerprint density at radius 1 is 1.16 bits per heavy atom. The lowest BCUT2D eigenvalue weighted by Gasteiger charge is -2.21. The van der Waals surface area contributed by atoms with Crippen molar-refractivity contribution in [1.82, 2.24) is 0 Å². The van der Waals surface area contributed by atoms with Gasteiger partial charge in [0.15, 0.2) is 0 Å². The Hall–Kier alpha value is -1.51. The lowest BCUT2D eigenvalue weighted by molar-refractivity contribution is -0.133. The van der Waals surface area contributed by atoms with Crippen LogP contribution in [0.3, 0.4) is 0 Å². The highest BCUT2D eigenvalue weighted by Gasteiger charge is 2.32. The van der Waals surface area contributed by atoms with Crippen molar-refractivity contribution >= 4 is 11.7 Å². The molecule has 2 heterocycles. The number of nitrogens with zero attached hydrogens (tertiary/aromatic N) is 1. The number of benzene rings is 1. The third-order valence-electron chi connectivity index (χ3n) is 4.69. The zero-order chi connectivity index (χ0) is 13.7. The van der Waals surface area contributed by atoms with Crippen LogP contribution in [0.2, 0.25) is 0 Å². The van der Waals surface area contributed by atoms with Gasteiger partial charge in [0.1, 0.15) is 5.75 Å². The zero-order valence-electron chi connectivity index (χ0n) is 12.1. The SMILES string of the molecule is Cc1cc2c(cc1N1CC(C)C(C)C1)OC(=O)C2C. The molecule has 3 atom stereocenters. The minimum absolute atomic E-state index is 0.126. The van der Waals surface area contributed by atoms with Gasteiger partial charge in [0, 0.05) is 30.4 Å². The zero-order valence-corrected chi connectivity index (χ0v) is 12.1. The molecule has 1 aromatic rings. The first-order valence-corrected chi connectivity index (χ1v) is 7.08. The monoisotopic (exact) mass is 259 g/mol. The average molecular weight is 259 g/mol. The first-order chi connectivity index (χ1) is 8.97. The van der Waals surface area contributed by atoms with Crippen LogP contribution >= 0.6 is 0 Å². The first-order valence-electron chi connectivity index (χ1n) is 7.08. The summed E-state index contributed by atoms with van der Waals surface area (Å²) in [4.78, 5) is 14.1. The number of aryl methyl sites for hydroxylation is 1. The molecular formula is C16H21NO2. The molecule has 19 heavy (non-hydrogen) atoms. The lowest BCUT2D eigenvalue weighted by Crippen LogP contribution is -2.20. The summed E-state index contributed by atoms with van der Waals surface area (Å²) in [6.07, 6.45) is 0. The summed E-state index contributed by atoms with van der Waals surface area (Å²) in [5.41, 5.74) is 3.49. The van der Waals surface area contributed by atoms with Gasteiger partial charge in [-0.25, -0.2) is 0 Å². The summed E-state index contributed by atoms with van der Waals surface area (Å²) in [5.74, 6) is 1.93. The summed E-state index contributed by atoms with van der Waals surface area (Å²) in [6.45, 7) is 10.8. The molecule has 3 heteroatoms. The van der Waals surface area contributed by atoms with E-state index in [4.69, 9.17) is 4.74 Å². The van der Waals surface area contributed by atoms with Crippen LogP contribution in [0.25, 0.3) is 0 Å². The van der Waals surface area contributed by atoms with E-state index in [0.29, 0.717) is 11.8 Å². The van der Waals surface area contributed by atoms with Crippen molar-refractivity contribution in [2.24, 2.45) is 11.8 Å². The maximum atomic E-state index is 11.6. The molecule has 3 rings (SSSR count). The van der Waals surface area contributed by atoms with Crippen LogP contribution < -0.4 is 9.64 Å². The second kappa shape index (κ2) is 4.26. The van der Waals surface area contributed by atoms with E-state index >= 15 is 0 Å². The van der Waals surface area contributed by atoms with Crippen molar-refractivity contribution in [2.45, 2.75) is 33.6 Å². The van der Waals surface area contributed by atoms with Crippen molar-refractivity contribution in [2.75, 3.05) is 18.0 Å². The second-order valence-electron chi connectivity index (χ2n) is 6.18. The summed E-state index contributed by atoms with van der Waals surface area (Å²) < 4.78 is 5.36. The molecule has 0 aromatic heterocycles. The minimum Gasteiger partial charge on any atom is -0.426 e. The highest BCUT2D eigenvalue weighted by molar-refractivity contribution is 5.86. The topological polar surface area (TPSA) is 29.5 Å². The van der Waals surface area contributed by atoms with Gasteiger partial charge in [-0.05, 0) is 37.3 Å². The number of carbonyl (C=O) groups excluding carboxylic acids is 1. The Kier molecular flexibility index (Phi) is 2.80. The Balaban J connectivity index is 1.97. The van der Waals surface area contributed by atoms with Gasteiger partial charge in [0.2, 0.25) is 0 Å². The minimum atomic E-state index is -0.130. The van der Waals surface area contributed by atoms with Crippen molar-refractivity contribution in [3.05, 3.63) is 23.3 Å². The van der Waals surface area contributed by atoms with Crippen LogP contribution in [0.1, 0.15) is 37.8 Å². The number of anilines is 1. The Bertz CT molecular complexity index is 528. The Morgan fingerprint density at radius 2 is 1.79 bits per heavy atom. The highest BCUT2D eigenvalue weighted by atomic mass is 16.5. The van der Waals surface area contributed by atoms with Gasteiger partial charge in [-0.15, -0.1) is 0 Å². The van der Waals surface area contributed by atoms with Crippen LogP contribution in [0.15, 0.2) is 12.1 Å². The number of esters is 1. The molecule has 0 N–H and O–H groups in total. The Labute approximate surface area is 114 Å². The van der Waals surface area contributed by atoms with Gasteiger partial charge in [-0.3, -0.25) is 4.79 Å². The number of hydrogen-bond donors (Lipinski definition) is 0. The molecular weight excluding hydrogens is 238 g/mol. The van der Waals surface area contributed by atoms with E-state index < -0.39 is 0 Å². The maximum absolute atomic E-state index is 11.6. The van der Waals surface area contributed by atoms with Crippen LogP contribution in [0, 0.1) is 18.8 Å². The van der Waals surface area contributed by atoms with E-state index in [2.05, 4.69) is 37.8 Å². The van der Waals surface area contributed by atoms with Crippen molar-refractivity contribution in [3.8, 4) is 5.75 Å². The number of carbonyl (C=O) groups is 1. The summed E-state index contributed by atoms with van der Waals surface area (Å²) in [6, 6.07) is 4.17. The van der Waals surface area contributed by atoms with E-state index in [-0.39, 0.29) is 11.9 Å². The molecule has 0 saturated carbocycles. The number of fused-ring (bicyclic) bond motifs is 1. The molecule has 1 saturated heterocycles. The smallest absolute Gasteiger partial charge is 0.318 e. The molecule has 2 aliphatic heterocycles. The first kappa shape index (κ1) is 12.5. The molecule has 0 amide bonds. The molecule has 0 radical (unpaired) electrons. The van der Waals surface area contributed by atoms with E-state index in [1.54, 1.807) is 0 Å². The van der Waals surface area contributed by atoms with Gasteiger partial charge in [-0.2, -0.15) is 0 Å². The highest BCUT2D eigenvalue weighted by Crippen LogP contribution is 2.40. The fourth-order valence-electron chi connectivity index (χ4n) is 3.12.